The Balaban J connectivity index is 0.00000431. The molecule has 0 saturated carbocycles. The van der Waals surface area contributed by atoms with E-state index in [4.69, 9.17) is 79.7 Å². The Bertz CT molecular complexity index is 6510. The fourth-order valence-corrected chi connectivity index (χ4v) is 14.7. The Hall–Kier alpha value is -10.3. The number of nitrogens with zero attached hydrogens (tertiary/aromatic N) is 16. The molecule has 4 aliphatic heterocycles. The van der Waals surface area contributed by atoms with Crippen molar-refractivity contribution in [1.29, 1.82) is 0 Å². The maximum atomic E-state index is 5.67. The second kappa shape index (κ2) is 24.1. The Morgan fingerprint density at radius 3 is 0.670 bits per heavy atom. The molecule has 16 nitrogen and oxygen atoms in total. The Kier molecular flexibility index (Phi) is 15.9. The van der Waals surface area contributed by atoms with Gasteiger partial charge in [0.15, 0.2) is 0 Å². The summed E-state index contributed by atoms with van der Waals surface area (Å²) in [7, 11) is 0. The summed E-state index contributed by atoms with van der Waals surface area (Å²) in [5.74, 6) is 3.66. The largest absolute Gasteiger partial charge is 2.00 e. The summed E-state index contributed by atoms with van der Waals surface area (Å²) in [6.07, 6.45) is 0. The molecule has 18 rings (SSSR count). The van der Waals surface area contributed by atoms with Crippen LogP contribution in [-0.2, 0) is 71.4 Å². The zero-order valence-corrected chi connectivity index (χ0v) is 69.4. The van der Waals surface area contributed by atoms with Crippen molar-refractivity contribution in [1.82, 2.24) is 79.7 Å². The molecule has 0 amide bonds. The Morgan fingerprint density at radius 2 is 0.396 bits per heavy atom. The van der Waals surface area contributed by atoms with Gasteiger partial charge < -0.3 is 59.8 Å². The van der Waals surface area contributed by atoms with Crippen LogP contribution in [0.3, 0.4) is 0 Å². The van der Waals surface area contributed by atoms with E-state index in [2.05, 4.69) is 270 Å². The third-order valence-corrected chi connectivity index (χ3v) is 20.9. The van der Waals surface area contributed by atoms with E-state index in [1.54, 1.807) is 0 Å². The molecule has 106 heavy (non-hydrogen) atoms. The van der Waals surface area contributed by atoms with Crippen LogP contribution in [0.15, 0.2) is 146 Å². The van der Waals surface area contributed by atoms with Crippen LogP contribution >= 0.6 is 0 Å². The van der Waals surface area contributed by atoms with Crippen LogP contribution in [0.1, 0.15) is 158 Å². The molecular weight excluding hydrogens is 1410 g/mol. The second-order valence-electron chi connectivity index (χ2n) is 34.5. The van der Waals surface area contributed by atoms with Crippen LogP contribution in [0.2, 0.25) is 0 Å². The summed E-state index contributed by atoms with van der Waals surface area (Å²) in [6, 6.07) is 51.3. The first kappa shape index (κ1) is 70.1. The van der Waals surface area contributed by atoms with Gasteiger partial charge in [-0.1, -0.05) is 234 Å². The predicted molar refractivity (Wildman–Crippen MR) is 419 cm³/mol. The van der Waals surface area contributed by atoms with Crippen molar-refractivity contribution in [2.75, 3.05) is 0 Å². The fourth-order valence-electron chi connectivity index (χ4n) is 14.7. The molecule has 18 heteroatoms. The van der Waals surface area contributed by atoms with Gasteiger partial charge in [-0.3, -0.25) is 0 Å². The molecule has 4 aliphatic rings. The number of fused-ring (bicyclic) bond motifs is 40. The average Bonchev–Trinajstić information content (AvgIpc) is 1.58. The maximum absolute atomic E-state index is 5.67. The number of benzene rings is 8. The van der Waals surface area contributed by atoms with Gasteiger partial charge in [-0.15, -0.1) is 0 Å². The molecule has 0 radical (unpaired) electrons. The monoisotopic (exact) mass is 1490 g/mol. The third-order valence-electron chi connectivity index (χ3n) is 20.9. The molecule has 0 fully saturated rings. The van der Waals surface area contributed by atoms with E-state index < -0.39 is 0 Å². The molecule has 6 aromatic heterocycles. The fraction of sp³-hybridized carbons (Fsp3) is 0.273. The number of hydrogen-bond acceptors (Lipinski definition) is 12. The van der Waals surface area contributed by atoms with Gasteiger partial charge in [0.2, 0.25) is 0 Å². The van der Waals surface area contributed by atoms with E-state index in [0.29, 0.717) is 91.8 Å². The molecule has 14 aromatic rings. The second-order valence-corrected chi connectivity index (χ2v) is 34.5. The molecular formula is C88H78N16Zn2. The van der Waals surface area contributed by atoms with Gasteiger partial charge in [0.25, 0.3) is 0 Å². The molecule has 10 heterocycles. The molecule has 0 aliphatic carbocycles. The summed E-state index contributed by atoms with van der Waals surface area (Å²) in [4.78, 5) is 87.4. The molecule has 0 unspecified atom stereocenters. The van der Waals surface area contributed by atoms with Crippen LogP contribution in [0.4, 0.5) is 0 Å². The minimum absolute atomic E-state index is 0. The van der Waals surface area contributed by atoms with Gasteiger partial charge in [-0.05, 0) is 156 Å². The normalized spacial score (nSPS) is 13.0. The summed E-state index contributed by atoms with van der Waals surface area (Å²) in [6.45, 7) is 39.9. The first-order valence-corrected chi connectivity index (χ1v) is 35.8. The van der Waals surface area contributed by atoms with Crippen molar-refractivity contribution in [3.8, 4) is 102 Å². The van der Waals surface area contributed by atoms with E-state index >= 15 is 0 Å². The van der Waals surface area contributed by atoms with E-state index in [0.717, 1.165) is 132 Å². The average molecular weight is 1490 g/mol. The predicted octanol–water partition coefficient (Wildman–Crippen LogP) is 20.0. The molecule has 0 saturated heterocycles. The molecule has 0 N–H and O–H groups in total. The number of aromatic nitrogens is 16. The minimum atomic E-state index is -0.219. The van der Waals surface area contributed by atoms with Crippen molar-refractivity contribution < 1.29 is 39.0 Å². The zero-order valence-electron chi connectivity index (χ0n) is 63.4. The van der Waals surface area contributed by atoms with Crippen molar-refractivity contribution in [2.24, 2.45) is 0 Å². The molecule has 8 aromatic carbocycles. The van der Waals surface area contributed by atoms with Gasteiger partial charge in [0.05, 0.1) is 46.6 Å². The van der Waals surface area contributed by atoms with Gasteiger partial charge in [-0.2, -0.15) is 0 Å². The van der Waals surface area contributed by atoms with Gasteiger partial charge in [0, 0.05) is 89.7 Å². The topological polar surface area (TPSA) is 211 Å². The van der Waals surface area contributed by atoms with E-state index in [-0.39, 0.29) is 71.4 Å². The molecule has 0 spiro atoms. The smallest absolute Gasteiger partial charge is 0.357 e. The SMILES string of the molecule is CC(C)(C)c1ccc2c(c1)-c1nc-2nc2[n-]c(nc3nc(nc4[n-]c(n1)c1ccc(C(C)(C)C)cc41)-c1cccc(-c4cccc5c4-c4nc-5nc5[n-]c(nc6nc(nc7[n-]c(n4)c4cc(C(C)(C)C)ccc74)-c4cc(C(C)(C)C)ccc4-6)c4ccc(C(C)(C)C)cc54)c1-3)c1cc(C(C)(C)C)ccc21.[Zn+2].[Zn+2]. The molecule has 514 valence electrons. The Morgan fingerprint density at radius 1 is 0.189 bits per heavy atom. The summed E-state index contributed by atoms with van der Waals surface area (Å²) < 4.78 is 0. The van der Waals surface area contributed by atoms with Gasteiger partial charge >= 0.3 is 39.0 Å². The van der Waals surface area contributed by atoms with E-state index in [9.17, 15) is 0 Å². The van der Waals surface area contributed by atoms with Crippen LogP contribution in [-0.4, -0.2) is 59.8 Å². The van der Waals surface area contributed by atoms with Gasteiger partial charge in [-0.25, -0.2) is 19.9 Å². The number of rotatable bonds is 1. The first-order chi connectivity index (χ1) is 49.2. The quantitative estimate of drug-likeness (QED) is 0.140. The van der Waals surface area contributed by atoms with Crippen molar-refractivity contribution >= 4 is 88.3 Å². The number of hydrogen-bond donors (Lipinski definition) is 0. The summed E-state index contributed by atoms with van der Waals surface area (Å²) in [5.41, 5.74) is 17.3. The summed E-state index contributed by atoms with van der Waals surface area (Å²) in [5, 5.41) is 6.63. The van der Waals surface area contributed by atoms with Crippen LogP contribution < -0.4 is 19.9 Å². The third kappa shape index (κ3) is 11.6. The van der Waals surface area contributed by atoms with E-state index in [1.807, 2.05) is 0 Å². The molecule has 0 atom stereocenters. The Labute approximate surface area is 640 Å². The van der Waals surface area contributed by atoms with Crippen molar-refractivity contribution in [2.45, 2.75) is 157 Å². The van der Waals surface area contributed by atoms with Crippen LogP contribution in [0.25, 0.3) is 190 Å². The van der Waals surface area contributed by atoms with Crippen LogP contribution in [0, 0.1) is 0 Å². The maximum Gasteiger partial charge on any atom is 2.00 e. The minimum Gasteiger partial charge on any atom is -0.357 e. The zero-order chi connectivity index (χ0) is 72.4. The summed E-state index contributed by atoms with van der Waals surface area (Å²) >= 11 is 0. The standard InChI is InChI=1S/C88H78N16.2Zn/c1-83(2,3)43-26-32-52-59(37-43)75-92-68(52)90-70-55-35-29-47(87(13,14)15)41-63(55)79(97-70)103-81-65-49(21-20-24-58(65)74(102-81)100-78-62-40-46(86(10,11)12)28-34-54(62)71(94-75)96-78)50-22-19-23-57-66(50)82-101-73(57)99-77-61-39-45(85(7,8)9)27-33-53(61)69(93-77)89-67-51-31-25-44(84(4,5)6)38-60(51)76(91-67)95-72-56-36-30-48(88(16,17)18)42-64(56)80(98-72)104-82;;/h19-42H,1-18H3;;/q-4;2*+2. The van der Waals surface area contributed by atoms with Crippen LogP contribution in [0.5, 0.6) is 0 Å². The van der Waals surface area contributed by atoms with Gasteiger partial charge in [0.1, 0.15) is 0 Å². The molecule has 16 bridgehead atoms. The van der Waals surface area contributed by atoms with Crippen molar-refractivity contribution in [3.63, 3.8) is 0 Å². The van der Waals surface area contributed by atoms with E-state index in [1.165, 1.54) is 0 Å². The van der Waals surface area contributed by atoms with Crippen molar-refractivity contribution in [3.05, 3.63) is 179 Å². The first-order valence-electron chi connectivity index (χ1n) is 35.8.